The molecule has 0 aromatic heterocycles. The fourth-order valence-electron chi connectivity index (χ4n) is 2.63. The van der Waals surface area contributed by atoms with E-state index < -0.39 is 0 Å². The molecule has 3 rings (SSSR count). The van der Waals surface area contributed by atoms with Crippen molar-refractivity contribution in [2.45, 2.75) is 20.0 Å². The number of amides is 3. The molecule has 2 aromatic carbocycles. The van der Waals surface area contributed by atoms with Gasteiger partial charge in [-0.25, -0.2) is 4.79 Å². The molecule has 0 saturated carbocycles. The van der Waals surface area contributed by atoms with E-state index in [9.17, 15) is 9.59 Å². The normalized spacial score (nSPS) is 15.4. The number of benzene rings is 2. The van der Waals surface area contributed by atoms with Crippen LogP contribution in [0.15, 0.2) is 48.2 Å². The highest BCUT2D eigenvalue weighted by atomic mass is 127. The van der Waals surface area contributed by atoms with E-state index in [4.69, 9.17) is 16.3 Å². The van der Waals surface area contributed by atoms with Crippen molar-refractivity contribution in [1.82, 2.24) is 10.2 Å². The Kier molecular flexibility index (Phi) is 6.38. The van der Waals surface area contributed by atoms with Crippen LogP contribution >= 0.6 is 34.2 Å². The molecule has 1 saturated heterocycles. The third-order valence-electron chi connectivity index (χ3n) is 3.98. The number of hydrogen-bond donors (Lipinski definition) is 1. The third kappa shape index (κ3) is 4.81. The van der Waals surface area contributed by atoms with Gasteiger partial charge in [0.1, 0.15) is 18.1 Å². The van der Waals surface area contributed by atoms with Gasteiger partial charge < -0.3 is 10.1 Å². The van der Waals surface area contributed by atoms with Gasteiger partial charge in [-0.3, -0.25) is 9.69 Å². The first-order valence-electron chi connectivity index (χ1n) is 8.49. The van der Waals surface area contributed by atoms with Crippen LogP contribution in [0.25, 0.3) is 6.08 Å². The Morgan fingerprint density at radius 1 is 1.19 bits per heavy atom. The Morgan fingerprint density at radius 2 is 1.93 bits per heavy atom. The summed E-state index contributed by atoms with van der Waals surface area (Å²) < 4.78 is 6.77. The summed E-state index contributed by atoms with van der Waals surface area (Å²) in [6.45, 7) is 2.78. The van der Waals surface area contributed by atoms with E-state index in [-0.39, 0.29) is 11.9 Å². The van der Waals surface area contributed by atoms with Crippen molar-refractivity contribution in [1.29, 1.82) is 0 Å². The molecule has 1 aliphatic rings. The first-order chi connectivity index (χ1) is 13.0. The maximum atomic E-state index is 12.3. The molecule has 0 bridgehead atoms. The average Bonchev–Trinajstić information content (AvgIpc) is 2.90. The Morgan fingerprint density at radius 3 is 2.59 bits per heavy atom. The summed E-state index contributed by atoms with van der Waals surface area (Å²) >= 11 is 8.08. The van der Waals surface area contributed by atoms with Gasteiger partial charge in [0.25, 0.3) is 5.91 Å². The molecule has 0 aliphatic carbocycles. The summed E-state index contributed by atoms with van der Waals surface area (Å²) in [4.78, 5) is 25.4. The van der Waals surface area contributed by atoms with Gasteiger partial charge in [-0.15, -0.1) is 0 Å². The molecule has 2 aromatic rings. The topological polar surface area (TPSA) is 58.6 Å². The van der Waals surface area contributed by atoms with E-state index in [1.807, 2.05) is 49.4 Å². The molecule has 1 fully saturated rings. The Labute approximate surface area is 176 Å². The van der Waals surface area contributed by atoms with Crippen molar-refractivity contribution in [2.24, 2.45) is 0 Å². The van der Waals surface area contributed by atoms with Gasteiger partial charge >= 0.3 is 6.03 Å². The number of hydrogen-bond acceptors (Lipinski definition) is 3. The highest BCUT2D eigenvalue weighted by Gasteiger charge is 2.32. The first kappa shape index (κ1) is 19.7. The fourth-order valence-corrected chi connectivity index (χ4v) is 3.45. The average molecular weight is 497 g/mol. The highest BCUT2D eigenvalue weighted by Crippen LogP contribution is 2.25. The molecule has 1 heterocycles. The number of rotatable bonds is 6. The molecule has 0 unspecified atom stereocenters. The number of carbonyl (C=O) groups is 2. The number of imide groups is 1. The Bertz CT molecular complexity index is 897. The summed E-state index contributed by atoms with van der Waals surface area (Å²) in [6, 6.07) is 12.8. The predicted octanol–water partition coefficient (Wildman–Crippen LogP) is 4.83. The molecule has 0 radical (unpaired) electrons. The molecule has 1 aliphatic heterocycles. The van der Waals surface area contributed by atoms with Crippen LogP contribution in [0.2, 0.25) is 5.02 Å². The van der Waals surface area contributed by atoms with Gasteiger partial charge in [0.05, 0.1) is 3.57 Å². The zero-order valence-corrected chi connectivity index (χ0v) is 17.6. The number of urea groups is 1. The van der Waals surface area contributed by atoms with E-state index in [0.29, 0.717) is 23.9 Å². The van der Waals surface area contributed by atoms with Crippen molar-refractivity contribution in [3.05, 3.63) is 67.9 Å². The molecule has 0 atom stereocenters. The lowest BCUT2D eigenvalue weighted by molar-refractivity contribution is -0.122. The first-order valence-corrected chi connectivity index (χ1v) is 9.95. The van der Waals surface area contributed by atoms with Crippen LogP contribution < -0.4 is 10.1 Å². The molecule has 3 amide bonds. The SMILES string of the molecule is CCCN1C(=O)N/C(=C/c2ccc(OCc3ccc(Cl)cc3)c(I)c2)C1=O. The molecule has 27 heavy (non-hydrogen) atoms. The standard InChI is InChI=1S/C20H18ClIN2O3/c1-2-9-24-19(25)17(23-20(24)26)11-14-5-8-18(16(22)10-14)27-12-13-3-6-15(21)7-4-13/h3-8,10-11H,2,9,12H2,1H3,(H,23,26)/b17-11+. The second-order valence-corrected chi connectivity index (χ2v) is 7.65. The second kappa shape index (κ2) is 8.75. The quantitative estimate of drug-likeness (QED) is 0.354. The Balaban J connectivity index is 1.70. The summed E-state index contributed by atoms with van der Waals surface area (Å²) in [5.74, 6) is 0.460. The molecule has 0 spiro atoms. The lowest BCUT2D eigenvalue weighted by Crippen LogP contribution is -2.31. The van der Waals surface area contributed by atoms with Crippen molar-refractivity contribution in [2.75, 3.05) is 6.54 Å². The van der Waals surface area contributed by atoms with Crippen molar-refractivity contribution >= 4 is 52.2 Å². The van der Waals surface area contributed by atoms with Crippen LogP contribution in [-0.2, 0) is 11.4 Å². The van der Waals surface area contributed by atoms with Gasteiger partial charge in [-0.05, 0) is 70.5 Å². The lowest BCUT2D eigenvalue weighted by Gasteiger charge is -2.10. The summed E-state index contributed by atoms with van der Waals surface area (Å²) in [6.07, 6.45) is 2.41. The zero-order valence-electron chi connectivity index (χ0n) is 14.7. The van der Waals surface area contributed by atoms with Crippen molar-refractivity contribution in [3.63, 3.8) is 0 Å². The van der Waals surface area contributed by atoms with Gasteiger partial charge in [-0.1, -0.05) is 36.7 Å². The third-order valence-corrected chi connectivity index (χ3v) is 5.08. The maximum Gasteiger partial charge on any atom is 0.329 e. The van der Waals surface area contributed by atoms with Gasteiger partial charge in [-0.2, -0.15) is 0 Å². The van der Waals surface area contributed by atoms with Crippen LogP contribution in [0.1, 0.15) is 24.5 Å². The number of nitrogens with zero attached hydrogens (tertiary/aromatic N) is 1. The van der Waals surface area contributed by atoms with Crippen LogP contribution in [0.3, 0.4) is 0 Å². The minimum absolute atomic E-state index is 0.291. The minimum Gasteiger partial charge on any atom is -0.488 e. The van der Waals surface area contributed by atoms with Crippen LogP contribution in [0.4, 0.5) is 4.79 Å². The fraction of sp³-hybridized carbons (Fsp3) is 0.200. The number of carbonyl (C=O) groups excluding carboxylic acids is 2. The van der Waals surface area contributed by atoms with Crippen molar-refractivity contribution < 1.29 is 14.3 Å². The predicted molar refractivity (Wildman–Crippen MR) is 113 cm³/mol. The molecular weight excluding hydrogens is 479 g/mol. The van der Waals surface area contributed by atoms with Gasteiger partial charge in [0, 0.05) is 11.6 Å². The van der Waals surface area contributed by atoms with E-state index in [1.54, 1.807) is 6.08 Å². The van der Waals surface area contributed by atoms with Gasteiger partial charge in [0.15, 0.2) is 0 Å². The Hall–Kier alpha value is -2.06. The molecule has 1 N–H and O–H groups in total. The minimum atomic E-state index is -0.370. The second-order valence-electron chi connectivity index (χ2n) is 6.05. The lowest BCUT2D eigenvalue weighted by atomic mass is 10.2. The molecule has 7 heteroatoms. The highest BCUT2D eigenvalue weighted by molar-refractivity contribution is 14.1. The van der Waals surface area contributed by atoms with E-state index in [2.05, 4.69) is 27.9 Å². The molecule has 140 valence electrons. The van der Waals surface area contributed by atoms with Crippen LogP contribution in [0.5, 0.6) is 5.75 Å². The van der Waals surface area contributed by atoms with Crippen LogP contribution in [0, 0.1) is 3.57 Å². The molecule has 5 nitrogen and oxygen atoms in total. The zero-order chi connectivity index (χ0) is 19.4. The largest absolute Gasteiger partial charge is 0.488 e. The van der Waals surface area contributed by atoms with Crippen LogP contribution in [-0.4, -0.2) is 23.4 Å². The number of halogens is 2. The van der Waals surface area contributed by atoms with E-state index >= 15 is 0 Å². The van der Waals surface area contributed by atoms with E-state index in [0.717, 1.165) is 26.9 Å². The number of ether oxygens (including phenoxy) is 1. The monoisotopic (exact) mass is 496 g/mol. The summed E-state index contributed by atoms with van der Waals surface area (Å²) in [5.41, 5.74) is 2.14. The molecular formula is C20H18ClIN2O3. The van der Waals surface area contributed by atoms with Gasteiger partial charge in [0.2, 0.25) is 0 Å². The number of nitrogens with one attached hydrogen (secondary N) is 1. The van der Waals surface area contributed by atoms with E-state index in [1.165, 1.54) is 4.90 Å². The smallest absolute Gasteiger partial charge is 0.329 e. The summed E-state index contributed by atoms with van der Waals surface area (Å²) in [5, 5.41) is 3.32. The van der Waals surface area contributed by atoms with Crippen molar-refractivity contribution in [3.8, 4) is 5.75 Å². The summed E-state index contributed by atoms with van der Waals surface area (Å²) in [7, 11) is 0. The maximum absolute atomic E-state index is 12.3.